The van der Waals surface area contributed by atoms with E-state index in [2.05, 4.69) is 58.9 Å². The van der Waals surface area contributed by atoms with Crippen LogP contribution in [0, 0.1) is 12.7 Å². The van der Waals surface area contributed by atoms with Gasteiger partial charge in [-0.15, -0.1) is 0 Å². The van der Waals surface area contributed by atoms with Gasteiger partial charge in [0.1, 0.15) is 5.82 Å². The number of anilines is 2. The number of rotatable bonds is 4. The molecule has 0 fully saturated rings. The van der Waals surface area contributed by atoms with Gasteiger partial charge in [0.25, 0.3) is 0 Å². The normalized spacial score (nSPS) is 10.5. The number of benzene rings is 2. The molecule has 2 rings (SSSR count). The van der Waals surface area contributed by atoms with E-state index in [1.165, 1.54) is 11.6 Å². The summed E-state index contributed by atoms with van der Waals surface area (Å²) in [5.74, 6) is -0.167. The highest BCUT2D eigenvalue weighted by Crippen LogP contribution is 2.31. The molecule has 0 aromatic heterocycles. The Morgan fingerprint density at radius 2 is 1.79 bits per heavy atom. The Morgan fingerprint density at radius 1 is 1.11 bits per heavy atom. The van der Waals surface area contributed by atoms with Gasteiger partial charge in [0.05, 0.1) is 0 Å². The average Bonchev–Trinajstić information content (AvgIpc) is 2.42. The molecule has 0 saturated carbocycles. The fourth-order valence-corrected chi connectivity index (χ4v) is 2.70. The molecule has 1 nitrogen and oxygen atoms in total. The van der Waals surface area contributed by atoms with Gasteiger partial charge in [0.2, 0.25) is 0 Å². The van der Waals surface area contributed by atoms with E-state index in [-0.39, 0.29) is 5.82 Å². The first-order valence-electron chi connectivity index (χ1n) is 6.35. The van der Waals surface area contributed by atoms with E-state index in [0.29, 0.717) is 10.9 Å². The maximum absolute atomic E-state index is 13.9. The van der Waals surface area contributed by atoms with Gasteiger partial charge in [-0.1, -0.05) is 39.7 Å². The number of aryl methyl sites for hydroxylation is 1. The molecule has 0 spiro atoms. The van der Waals surface area contributed by atoms with Gasteiger partial charge < -0.3 is 4.90 Å². The van der Waals surface area contributed by atoms with Gasteiger partial charge in [-0.3, -0.25) is 0 Å². The van der Waals surface area contributed by atoms with Crippen molar-refractivity contribution in [1.29, 1.82) is 0 Å². The number of hydrogen-bond donors (Lipinski definition) is 0. The summed E-state index contributed by atoms with van der Waals surface area (Å²) < 4.78 is 13.9. The monoisotopic (exact) mass is 321 g/mol. The second-order valence-electron chi connectivity index (χ2n) is 4.45. The Balaban J connectivity index is 2.48. The molecule has 0 heterocycles. The second-order valence-corrected chi connectivity index (χ2v) is 5.01. The third-order valence-corrected chi connectivity index (χ3v) is 3.74. The zero-order valence-corrected chi connectivity index (χ0v) is 12.7. The summed E-state index contributed by atoms with van der Waals surface area (Å²) in [5, 5.41) is 0.511. The fourth-order valence-electron chi connectivity index (χ4n) is 2.15. The summed E-state index contributed by atoms with van der Waals surface area (Å²) in [4.78, 5) is 2.12. The predicted molar refractivity (Wildman–Crippen MR) is 82.9 cm³/mol. The number of nitrogens with zero attached hydrogens (tertiary/aromatic N) is 1. The van der Waals surface area contributed by atoms with Crippen molar-refractivity contribution in [2.75, 3.05) is 11.4 Å². The van der Waals surface area contributed by atoms with E-state index < -0.39 is 0 Å². The van der Waals surface area contributed by atoms with E-state index in [4.69, 9.17) is 0 Å². The minimum absolute atomic E-state index is 0.167. The highest BCUT2D eigenvalue weighted by atomic mass is 79.9. The Kier molecular flexibility index (Phi) is 4.59. The lowest BCUT2D eigenvalue weighted by Crippen LogP contribution is -2.18. The first kappa shape index (κ1) is 14.1. The highest BCUT2D eigenvalue weighted by Gasteiger charge is 2.14. The van der Waals surface area contributed by atoms with Crippen LogP contribution in [0.3, 0.4) is 0 Å². The molecule has 2 aromatic carbocycles. The van der Waals surface area contributed by atoms with Crippen LogP contribution < -0.4 is 4.90 Å². The third kappa shape index (κ3) is 2.98. The second kappa shape index (κ2) is 6.20. The van der Waals surface area contributed by atoms with Crippen LogP contribution in [0.2, 0.25) is 0 Å². The minimum Gasteiger partial charge on any atom is -0.341 e. The molecule has 0 N–H and O–H groups in total. The van der Waals surface area contributed by atoms with Gasteiger partial charge in [-0.05, 0) is 38.1 Å². The maximum atomic E-state index is 13.9. The Hall–Kier alpha value is -1.35. The van der Waals surface area contributed by atoms with E-state index in [1.807, 2.05) is 6.07 Å². The van der Waals surface area contributed by atoms with Crippen LogP contribution in [0.4, 0.5) is 15.8 Å². The van der Waals surface area contributed by atoms with Crippen molar-refractivity contribution >= 4 is 27.3 Å². The van der Waals surface area contributed by atoms with Gasteiger partial charge in [0.15, 0.2) is 0 Å². The van der Waals surface area contributed by atoms with Crippen LogP contribution in [-0.4, -0.2) is 6.54 Å². The summed E-state index contributed by atoms with van der Waals surface area (Å²) >= 11 is 3.37. The van der Waals surface area contributed by atoms with E-state index in [1.54, 1.807) is 6.07 Å². The quantitative estimate of drug-likeness (QED) is 0.701. The van der Waals surface area contributed by atoms with Crippen LogP contribution in [0.25, 0.3) is 0 Å². The molecule has 0 bridgehead atoms. The lowest BCUT2D eigenvalue weighted by atomic mass is 10.1. The van der Waals surface area contributed by atoms with E-state index in [0.717, 1.165) is 17.9 Å². The number of halogens is 2. The first-order valence-corrected chi connectivity index (χ1v) is 7.47. The molecule has 0 aliphatic heterocycles. The summed E-state index contributed by atoms with van der Waals surface area (Å²) in [6, 6.07) is 13.5. The van der Waals surface area contributed by atoms with Crippen LogP contribution in [0.1, 0.15) is 18.1 Å². The SMILES string of the molecule is CCN(c1ccc(C)cc1)c1cccc(F)c1CBr. The molecule has 0 aliphatic carbocycles. The molecule has 0 amide bonds. The highest BCUT2D eigenvalue weighted by molar-refractivity contribution is 9.08. The van der Waals surface area contributed by atoms with Crippen molar-refractivity contribution in [3.8, 4) is 0 Å². The molecule has 0 atom stereocenters. The molecule has 2 aromatic rings. The van der Waals surface area contributed by atoms with Gasteiger partial charge in [0, 0.05) is 28.8 Å². The van der Waals surface area contributed by atoms with Crippen molar-refractivity contribution in [3.05, 3.63) is 59.4 Å². The molecule has 0 unspecified atom stereocenters. The lowest BCUT2D eigenvalue weighted by molar-refractivity contribution is 0.617. The maximum Gasteiger partial charge on any atom is 0.129 e. The van der Waals surface area contributed by atoms with E-state index >= 15 is 0 Å². The van der Waals surface area contributed by atoms with Gasteiger partial charge in [-0.2, -0.15) is 0 Å². The van der Waals surface area contributed by atoms with Crippen molar-refractivity contribution in [1.82, 2.24) is 0 Å². The van der Waals surface area contributed by atoms with Crippen molar-refractivity contribution in [2.45, 2.75) is 19.2 Å². The lowest BCUT2D eigenvalue weighted by Gasteiger charge is -2.26. The van der Waals surface area contributed by atoms with Crippen LogP contribution in [0.5, 0.6) is 0 Å². The Labute approximate surface area is 122 Å². The van der Waals surface area contributed by atoms with Crippen molar-refractivity contribution < 1.29 is 4.39 Å². The molecular weight excluding hydrogens is 305 g/mol. The summed E-state index contributed by atoms with van der Waals surface area (Å²) in [6.07, 6.45) is 0. The molecule has 19 heavy (non-hydrogen) atoms. The first-order chi connectivity index (χ1) is 9.17. The van der Waals surface area contributed by atoms with Crippen molar-refractivity contribution in [2.24, 2.45) is 0 Å². The molecule has 0 radical (unpaired) electrons. The Morgan fingerprint density at radius 3 is 2.37 bits per heavy atom. The number of alkyl halides is 1. The summed E-state index contributed by atoms with van der Waals surface area (Å²) in [6.45, 7) is 4.93. The fraction of sp³-hybridized carbons (Fsp3) is 0.250. The Bertz CT molecular complexity index is 551. The molecule has 0 aliphatic rings. The summed E-state index contributed by atoms with van der Waals surface area (Å²) in [5.41, 5.74) is 3.92. The van der Waals surface area contributed by atoms with Crippen LogP contribution >= 0.6 is 15.9 Å². The standard InChI is InChI=1S/C16H17BrFN/c1-3-19(13-9-7-12(2)8-10-13)16-6-4-5-15(18)14(16)11-17/h4-10H,3,11H2,1-2H3. The zero-order valence-electron chi connectivity index (χ0n) is 11.2. The number of hydrogen-bond acceptors (Lipinski definition) is 1. The van der Waals surface area contributed by atoms with Gasteiger partial charge in [-0.25, -0.2) is 4.39 Å². The largest absolute Gasteiger partial charge is 0.341 e. The zero-order chi connectivity index (χ0) is 13.8. The summed E-state index contributed by atoms with van der Waals surface area (Å²) in [7, 11) is 0. The van der Waals surface area contributed by atoms with Gasteiger partial charge >= 0.3 is 0 Å². The predicted octanol–water partition coefficient (Wildman–Crippen LogP) is 5.19. The molecule has 3 heteroatoms. The van der Waals surface area contributed by atoms with E-state index in [9.17, 15) is 4.39 Å². The van der Waals surface area contributed by atoms with Crippen molar-refractivity contribution in [3.63, 3.8) is 0 Å². The molecule has 100 valence electrons. The average molecular weight is 322 g/mol. The smallest absolute Gasteiger partial charge is 0.129 e. The molecule has 0 saturated heterocycles. The van der Waals surface area contributed by atoms with Crippen LogP contribution in [-0.2, 0) is 5.33 Å². The molecular formula is C16H17BrFN. The van der Waals surface area contributed by atoms with Crippen LogP contribution in [0.15, 0.2) is 42.5 Å². The third-order valence-electron chi connectivity index (χ3n) is 3.18. The topological polar surface area (TPSA) is 3.24 Å². The minimum atomic E-state index is -0.167.